The third-order valence-corrected chi connectivity index (χ3v) is 3.57. The average molecular weight is 273 g/mol. The van der Waals surface area contributed by atoms with Gasteiger partial charge < -0.3 is 20.3 Å². The molecule has 1 saturated carbocycles. The summed E-state index contributed by atoms with van der Waals surface area (Å²) in [7, 11) is 0. The van der Waals surface area contributed by atoms with E-state index in [9.17, 15) is 14.7 Å². The topological polar surface area (TPSA) is 95.9 Å². The van der Waals surface area contributed by atoms with E-state index in [4.69, 9.17) is 9.84 Å². The fraction of sp³-hybridized carbons (Fsp3) is 0.846. The lowest BCUT2D eigenvalue weighted by atomic mass is 9.77. The third kappa shape index (κ3) is 5.06. The van der Waals surface area contributed by atoms with Gasteiger partial charge in [-0.05, 0) is 32.6 Å². The second-order valence-corrected chi connectivity index (χ2v) is 5.01. The highest BCUT2D eigenvalue weighted by Gasteiger charge is 2.39. The van der Waals surface area contributed by atoms with Gasteiger partial charge in [0, 0.05) is 6.42 Å². The first kappa shape index (κ1) is 15.8. The van der Waals surface area contributed by atoms with Crippen LogP contribution in [0.5, 0.6) is 0 Å². The van der Waals surface area contributed by atoms with Crippen molar-refractivity contribution >= 4 is 12.1 Å². The number of carboxylic acids is 1. The molecule has 110 valence electrons. The molecule has 1 aliphatic rings. The smallest absolute Gasteiger partial charge is 0.407 e. The molecule has 0 bridgehead atoms. The van der Waals surface area contributed by atoms with Crippen LogP contribution in [0, 0.1) is 0 Å². The van der Waals surface area contributed by atoms with E-state index in [-0.39, 0.29) is 19.1 Å². The van der Waals surface area contributed by atoms with Crippen molar-refractivity contribution in [3.63, 3.8) is 0 Å². The van der Waals surface area contributed by atoms with Gasteiger partial charge in [-0.2, -0.15) is 0 Å². The van der Waals surface area contributed by atoms with Crippen molar-refractivity contribution in [1.82, 2.24) is 5.32 Å². The number of rotatable bonds is 6. The van der Waals surface area contributed by atoms with Crippen molar-refractivity contribution in [3.8, 4) is 0 Å². The number of ether oxygens (including phenoxy) is 1. The molecule has 0 aromatic carbocycles. The summed E-state index contributed by atoms with van der Waals surface area (Å²) in [5, 5.41) is 21.9. The maximum absolute atomic E-state index is 11.4. The molecule has 0 aliphatic heterocycles. The zero-order valence-electron chi connectivity index (χ0n) is 11.4. The number of alkyl carbamates (subject to hydrolysis) is 1. The van der Waals surface area contributed by atoms with E-state index in [1.807, 2.05) is 0 Å². The Hall–Kier alpha value is -1.30. The summed E-state index contributed by atoms with van der Waals surface area (Å²) in [5.74, 6) is -0.866. The predicted molar refractivity (Wildman–Crippen MR) is 68.9 cm³/mol. The Balaban J connectivity index is 2.54. The van der Waals surface area contributed by atoms with Crippen LogP contribution in [0.2, 0.25) is 0 Å². The Morgan fingerprint density at radius 2 is 2.16 bits per heavy atom. The van der Waals surface area contributed by atoms with Crippen LogP contribution in [0.15, 0.2) is 0 Å². The number of hydrogen-bond acceptors (Lipinski definition) is 4. The highest BCUT2D eigenvalue weighted by molar-refractivity contribution is 5.68. The highest BCUT2D eigenvalue weighted by Crippen LogP contribution is 2.32. The van der Waals surface area contributed by atoms with Crippen LogP contribution >= 0.6 is 0 Å². The van der Waals surface area contributed by atoms with Crippen molar-refractivity contribution in [2.45, 2.75) is 63.5 Å². The molecule has 0 aromatic heterocycles. The van der Waals surface area contributed by atoms with Gasteiger partial charge in [-0.1, -0.05) is 12.8 Å². The molecule has 19 heavy (non-hydrogen) atoms. The summed E-state index contributed by atoms with van der Waals surface area (Å²) in [6, 6.07) is -0.353. The van der Waals surface area contributed by atoms with E-state index in [1.165, 1.54) is 0 Å². The van der Waals surface area contributed by atoms with E-state index >= 15 is 0 Å². The monoisotopic (exact) mass is 273 g/mol. The van der Waals surface area contributed by atoms with Crippen molar-refractivity contribution in [3.05, 3.63) is 0 Å². The molecule has 6 heteroatoms. The van der Waals surface area contributed by atoms with Crippen LogP contribution in [-0.2, 0) is 9.53 Å². The molecule has 0 saturated heterocycles. The van der Waals surface area contributed by atoms with Gasteiger partial charge in [0.15, 0.2) is 0 Å². The number of carbonyl (C=O) groups is 2. The van der Waals surface area contributed by atoms with Gasteiger partial charge in [-0.3, -0.25) is 4.79 Å². The second kappa shape index (κ2) is 7.33. The number of aliphatic hydroxyl groups is 1. The number of amides is 1. The maximum Gasteiger partial charge on any atom is 0.407 e. The summed E-state index contributed by atoms with van der Waals surface area (Å²) in [6.07, 6.45) is 3.43. The number of carbonyl (C=O) groups excluding carboxylic acids is 1. The standard InChI is InChI=1S/C13H23NO5/c1-2-19-12(17)14-10-6-3-4-8-13(10,18)9-5-7-11(15)16/h10,18H,2-9H2,1H3,(H,14,17)(H,15,16). The van der Waals surface area contributed by atoms with Crippen LogP contribution in [0.3, 0.4) is 0 Å². The summed E-state index contributed by atoms with van der Waals surface area (Å²) < 4.78 is 4.83. The first-order valence-electron chi connectivity index (χ1n) is 6.85. The number of carboxylic acid groups (broad SMARTS) is 1. The third-order valence-electron chi connectivity index (χ3n) is 3.57. The fourth-order valence-electron chi connectivity index (χ4n) is 2.59. The van der Waals surface area contributed by atoms with E-state index in [1.54, 1.807) is 6.92 Å². The zero-order valence-corrected chi connectivity index (χ0v) is 11.4. The van der Waals surface area contributed by atoms with Gasteiger partial charge in [0.2, 0.25) is 0 Å². The van der Waals surface area contributed by atoms with E-state index < -0.39 is 17.7 Å². The zero-order chi connectivity index (χ0) is 14.3. The lowest BCUT2D eigenvalue weighted by Gasteiger charge is -2.40. The van der Waals surface area contributed by atoms with Crippen molar-refractivity contribution in [2.75, 3.05) is 6.61 Å². The van der Waals surface area contributed by atoms with Crippen molar-refractivity contribution < 1.29 is 24.5 Å². The molecule has 1 rings (SSSR count). The van der Waals surface area contributed by atoms with Gasteiger partial charge >= 0.3 is 12.1 Å². The normalized spacial score (nSPS) is 26.7. The molecule has 0 spiro atoms. The molecule has 0 heterocycles. The van der Waals surface area contributed by atoms with E-state index in [2.05, 4.69) is 5.32 Å². The van der Waals surface area contributed by atoms with Crippen LogP contribution in [0.25, 0.3) is 0 Å². The lowest BCUT2D eigenvalue weighted by molar-refractivity contribution is -0.137. The molecular formula is C13H23NO5. The van der Waals surface area contributed by atoms with Gasteiger partial charge in [0.1, 0.15) is 0 Å². The summed E-state index contributed by atoms with van der Waals surface area (Å²) in [5.41, 5.74) is -1.01. The van der Waals surface area contributed by atoms with E-state index in [0.29, 0.717) is 25.7 Å². The van der Waals surface area contributed by atoms with Crippen LogP contribution < -0.4 is 5.32 Å². The van der Waals surface area contributed by atoms with Crippen LogP contribution in [-0.4, -0.2) is 40.5 Å². The summed E-state index contributed by atoms with van der Waals surface area (Å²) in [6.45, 7) is 2.01. The van der Waals surface area contributed by atoms with Crippen LogP contribution in [0.4, 0.5) is 4.79 Å². The molecule has 3 N–H and O–H groups in total. The average Bonchev–Trinajstić information content (AvgIpc) is 2.32. The Bertz CT molecular complexity index is 320. The van der Waals surface area contributed by atoms with Crippen molar-refractivity contribution in [1.29, 1.82) is 0 Å². The molecule has 2 atom stereocenters. The SMILES string of the molecule is CCOC(=O)NC1CCCCC1(O)CCCC(=O)O. The molecule has 1 amide bonds. The van der Waals surface area contributed by atoms with Crippen LogP contribution in [0.1, 0.15) is 51.9 Å². The second-order valence-electron chi connectivity index (χ2n) is 5.01. The van der Waals surface area contributed by atoms with Gasteiger partial charge in [-0.25, -0.2) is 4.79 Å². The molecule has 6 nitrogen and oxygen atoms in total. The van der Waals surface area contributed by atoms with Crippen molar-refractivity contribution in [2.24, 2.45) is 0 Å². The molecule has 1 aliphatic carbocycles. The molecule has 1 fully saturated rings. The highest BCUT2D eigenvalue weighted by atomic mass is 16.5. The predicted octanol–water partition coefficient (Wildman–Crippen LogP) is 1.66. The maximum atomic E-state index is 11.4. The molecule has 0 radical (unpaired) electrons. The molecule has 2 unspecified atom stereocenters. The van der Waals surface area contributed by atoms with Gasteiger partial charge in [0.25, 0.3) is 0 Å². The Morgan fingerprint density at radius 1 is 1.42 bits per heavy atom. The molecular weight excluding hydrogens is 250 g/mol. The summed E-state index contributed by atoms with van der Waals surface area (Å²) in [4.78, 5) is 22.0. The quantitative estimate of drug-likeness (QED) is 0.684. The minimum Gasteiger partial charge on any atom is -0.481 e. The summed E-state index contributed by atoms with van der Waals surface area (Å²) >= 11 is 0. The first-order chi connectivity index (χ1) is 8.98. The lowest BCUT2D eigenvalue weighted by Crippen LogP contribution is -2.54. The number of nitrogens with one attached hydrogen (secondary N) is 1. The largest absolute Gasteiger partial charge is 0.481 e. The van der Waals surface area contributed by atoms with E-state index in [0.717, 1.165) is 12.8 Å². The number of hydrogen-bond donors (Lipinski definition) is 3. The minimum atomic E-state index is -1.01. The minimum absolute atomic E-state index is 0.0361. The Morgan fingerprint density at radius 3 is 2.79 bits per heavy atom. The van der Waals surface area contributed by atoms with Gasteiger partial charge in [-0.15, -0.1) is 0 Å². The Kier molecular flexibility index (Phi) is 6.08. The number of aliphatic carboxylic acids is 1. The first-order valence-corrected chi connectivity index (χ1v) is 6.85. The fourth-order valence-corrected chi connectivity index (χ4v) is 2.59. The Labute approximate surface area is 113 Å². The molecule has 0 aromatic rings. The van der Waals surface area contributed by atoms with Gasteiger partial charge in [0.05, 0.1) is 18.2 Å².